The Morgan fingerprint density at radius 3 is 2.67 bits per heavy atom. The molecule has 104 valence electrons. The number of fused-ring (bicyclic) bond motifs is 1. The highest BCUT2D eigenvalue weighted by Crippen LogP contribution is 2.24. The lowest BCUT2D eigenvalue weighted by Gasteiger charge is -2.30. The Labute approximate surface area is 107 Å². The fraction of sp³-hybridized carbons (Fsp3) is 0.917. The first kappa shape index (κ1) is 13.6. The van der Waals surface area contributed by atoms with Crippen molar-refractivity contribution in [3.8, 4) is 0 Å². The second-order valence-electron chi connectivity index (χ2n) is 5.74. The van der Waals surface area contributed by atoms with Crippen molar-refractivity contribution in [2.75, 3.05) is 26.3 Å². The van der Waals surface area contributed by atoms with Crippen LogP contribution < -0.4 is 0 Å². The lowest BCUT2D eigenvalue weighted by atomic mass is 10.2. The number of aliphatic hydroxyl groups is 1. The van der Waals surface area contributed by atoms with Crippen LogP contribution in [0.3, 0.4) is 0 Å². The zero-order valence-corrected chi connectivity index (χ0v) is 11.1. The van der Waals surface area contributed by atoms with Gasteiger partial charge >= 0.3 is 6.09 Å². The van der Waals surface area contributed by atoms with Crippen molar-refractivity contribution >= 4 is 6.09 Å². The van der Waals surface area contributed by atoms with Crippen molar-refractivity contribution in [2.24, 2.45) is 0 Å². The molecule has 0 radical (unpaired) electrons. The Morgan fingerprint density at radius 1 is 1.39 bits per heavy atom. The average molecular weight is 259 g/mol. The molecule has 18 heavy (non-hydrogen) atoms. The van der Waals surface area contributed by atoms with Gasteiger partial charge in [0.2, 0.25) is 0 Å². The second-order valence-corrected chi connectivity index (χ2v) is 5.74. The summed E-state index contributed by atoms with van der Waals surface area (Å²) < 4.78 is 16.5. The molecule has 0 bridgehead atoms. The molecular weight excluding hydrogens is 238 g/mol. The maximum atomic E-state index is 11.9. The fourth-order valence-electron chi connectivity index (χ4n) is 2.12. The largest absolute Gasteiger partial charge is 0.444 e. The minimum absolute atomic E-state index is 0.0599. The maximum Gasteiger partial charge on any atom is 0.410 e. The average Bonchev–Trinajstić information content (AvgIpc) is 2.69. The number of hydrogen-bond acceptors (Lipinski definition) is 5. The first-order valence-corrected chi connectivity index (χ1v) is 6.25. The Kier molecular flexibility index (Phi) is 3.79. The van der Waals surface area contributed by atoms with Gasteiger partial charge in [-0.1, -0.05) is 0 Å². The van der Waals surface area contributed by atoms with Gasteiger partial charge in [0.15, 0.2) is 0 Å². The van der Waals surface area contributed by atoms with Gasteiger partial charge < -0.3 is 24.2 Å². The van der Waals surface area contributed by atoms with E-state index in [0.717, 1.165) is 0 Å². The van der Waals surface area contributed by atoms with E-state index in [1.165, 1.54) is 0 Å². The standard InChI is InChI=1S/C12H21NO5/c1-12(2,3)18-11(15)13-4-9-10(5-13)17-8(6-14)7-16-9/h8-10,14H,4-7H2,1-3H3. The summed E-state index contributed by atoms with van der Waals surface area (Å²) >= 11 is 0. The summed E-state index contributed by atoms with van der Waals surface area (Å²) in [5.74, 6) is 0. The van der Waals surface area contributed by atoms with E-state index in [4.69, 9.17) is 19.3 Å². The van der Waals surface area contributed by atoms with Gasteiger partial charge in [-0.25, -0.2) is 4.79 Å². The van der Waals surface area contributed by atoms with Crippen LogP contribution in [0.4, 0.5) is 4.79 Å². The third kappa shape index (κ3) is 3.13. The van der Waals surface area contributed by atoms with E-state index in [1.807, 2.05) is 20.8 Å². The molecule has 2 aliphatic rings. The van der Waals surface area contributed by atoms with Crippen LogP contribution in [0.5, 0.6) is 0 Å². The highest BCUT2D eigenvalue weighted by Gasteiger charge is 2.42. The topological polar surface area (TPSA) is 68.2 Å². The van der Waals surface area contributed by atoms with Crippen molar-refractivity contribution in [3.63, 3.8) is 0 Å². The number of carbonyl (C=O) groups excluding carboxylic acids is 1. The summed E-state index contributed by atoms with van der Waals surface area (Å²) in [6.07, 6.45) is -0.904. The molecule has 3 unspecified atom stereocenters. The molecule has 0 spiro atoms. The molecule has 0 aromatic carbocycles. The smallest absolute Gasteiger partial charge is 0.410 e. The maximum absolute atomic E-state index is 11.9. The number of nitrogens with zero attached hydrogens (tertiary/aromatic N) is 1. The van der Waals surface area contributed by atoms with E-state index in [-0.39, 0.29) is 31.0 Å². The predicted molar refractivity (Wildman–Crippen MR) is 63.3 cm³/mol. The van der Waals surface area contributed by atoms with Crippen LogP contribution in [-0.2, 0) is 14.2 Å². The number of amides is 1. The number of ether oxygens (including phenoxy) is 3. The fourth-order valence-corrected chi connectivity index (χ4v) is 2.12. The van der Waals surface area contributed by atoms with E-state index in [0.29, 0.717) is 19.7 Å². The molecule has 6 nitrogen and oxygen atoms in total. The van der Waals surface area contributed by atoms with Gasteiger partial charge in [0, 0.05) is 0 Å². The van der Waals surface area contributed by atoms with Gasteiger partial charge in [-0.05, 0) is 20.8 Å². The molecular formula is C12H21NO5. The molecule has 0 saturated carbocycles. The predicted octanol–water partition coefficient (Wildman–Crippen LogP) is 0.382. The van der Waals surface area contributed by atoms with Crippen LogP contribution in [0.15, 0.2) is 0 Å². The van der Waals surface area contributed by atoms with Crippen LogP contribution in [0, 0.1) is 0 Å². The monoisotopic (exact) mass is 259 g/mol. The van der Waals surface area contributed by atoms with Crippen LogP contribution in [0.1, 0.15) is 20.8 Å². The number of rotatable bonds is 1. The minimum Gasteiger partial charge on any atom is -0.444 e. The van der Waals surface area contributed by atoms with Gasteiger partial charge in [-0.15, -0.1) is 0 Å². The van der Waals surface area contributed by atoms with Crippen LogP contribution in [-0.4, -0.2) is 66.3 Å². The Bertz CT molecular complexity index is 314. The zero-order chi connectivity index (χ0) is 13.3. The normalized spacial score (nSPS) is 32.2. The Morgan fingerprint density at radius 2 is 2.06 bits per heavy atom. The van der Waals surface area contributed by atoms with Crippen molar-refractivity contribution < 1.29 is 24.1 Å². The summed E-state index contributed by atoms with van der Waals surface area (Å²) in [5.41, 5.74) is -0.500. The molecule has 2 rings (SSSR count). The molecule has 0 aromatic rings. The zero-order valence-electron chi connectivity index (χ0n) is 11.1. The number of aliphatic hydroxyl groups excluding tert-OH is 1. The third-order valence-corrected chi connectivity index (χ3v) is 2.93. The van der Waals surface area contributed by atoms with E-state index in [1.54, 1.807) is 4.90 Å². The van der Waals surface area contributed by atoms with Crippen LogP contribution in [0.25, 0.3) is 0 Å². The molecule has 3 atom stereocenters. The van der Waals surface area contributed by atoms with Gasteiger partial charge in [0.1, 0.15) is 23.9 Å². The second kappa shape index (κ2) is 5.03. The molecule has 6 heteroatoms. The minimum atomic E-state index is -0.500. The Balaban J connectivity index is 1.90. The quantitative estimate of drug-likeness (QED) is 0.737. The highest BCUT2D eigenvalue weighted by atomic mass is 16.6. The summed E-state index contributed by atoms with van der Waals surface area (Å²) in [6.45, 7) is 6.76. The van der Waals surface area contributed by atoms with Gasteiger partial charge in [-0.3, -0.25) is 0 Å². The molecule has 2 heterocycles. The van der Waals surface area contributed by atoms with Gasteiger partial charge in [0.25, 0.3) is 0 Å². The molecule has 1 N–H and O–H groups in total. The third-order valence-electron chi connectivity index (χ3n) is 2.93. The summed E-state index contributed by atoms with van der Waals surface area (Å²) in [5, 5.41) is 9.03. The van der Waals surface area contributed by atoms with E-state index in [9.17, 15) is 4.79 Å². The molecule has 1 amide bonds. The SMILES string of the molecule is CC(C)(C)OC(=O)N1CC2OCC(CO)OC2C1. The van der Waals surface area contributed by atoms with Crippen molar-refractivity contribution in [1.82, 2.24) is 4.90 Å². The van der Waals surface area contributed by atoms with E-state index < -0.39 is 5.60 Å². The first-order valence-electron chi connectivity index (χ1n) is 6.25. The van der Waals surface area contributed by atoms with Crippen molar-refractivity contribution in [3.05, 3.63) is 0 Å². The summed E-state index contributed by atoms with van der Waals surface area (Å²) in [6, 6.07) is 0. The molecule has 2 saturated heterocycles. The van der Waals surface area contributed by atoms with Gasteiger partial charge in [0.05, 0.1) is 26.3 Å². The lowest BCUT2D eigenvalue weighted by molar-refractivity contribution is -0.170. The molecule has 0 aromatic heterocycles. The molecule has 0 aliphatic carbocycles. The van der Waals surface area contributed by atoms with Crippen molar-refractivity contribution in [1.29, 1.82) is 0 Å². The number of hydrogen-bond donors (Lipinski definition) is 1. The van der Waals surface area contributed by atoms with E-state index in [2.05, 4.69) is 0 Å². The van der Waals surface area contributed by atoms with Gasteiger partial charge in [-0.2, -0.15) is 0 Å². The van der Waals surface area contributed by atoms with Crippen LogP contribution >= 0.6 is 0 Å². The number of carbonyl (C=O) groups is 1. The van der Waals surface area contributed by atoms with Crippen LogP contribution in [0.2, 0.25) is 0 Å². The Hall–Kier alpha value is -0.850. The lowest BCUT2D eigenvalue weighted by Crippen LogP contribution is -2.44. The highest BCUT2D eigenvalue weighted by molar-refractivity contribution is 5.68. The number of likely N-dealkylation sites (tertiary alicyclic amines) is 1. The van der Waals surface area contributed by atoms with Crippen molar-refractivity contribution in [2.45, 2.75) is 44.7 Å². The molecule has 2 aliphatic heterocycles. The van der Waals surface area contributed by atoms with E-state index >= 15 is 0 Å². The summed E-state index contributed by atoms with van der Waals surface area (Å²) in [7, 11) is 0. The summed E-state index contributed by atoms with van der Waals surface area (Å²) in [4.78, 5) is 13.5. The first-order chi connectivity index (χ1) is 8.39. The molecule has 2 fully saturated rings.